The van der Waals surface area contributed by atoms with Crippen LogP contribution in [0.3, 0.4) is 0 Å². The van der Waals surface area contributed by atoms with Crippen LogP contribution in [-0.4, -0.2) is 44.3 Å². The molecule has 0 radical (unpaired) electrons. The summed E-state index contributed by atoms with van der Waals surface area (Å²) in [7, 11) is 0. The van der Waals surface area contributed by atoms with Gasteiger partial charge in [0, 0.05) is 6.42 Å². The standard InChI is InChI=1S/C11H16N4O3S/c1-2-18-10(17)6-5-9(16)7-19-11-12-13-14-15(11)8-3-4-8/h8H,2-7H2,1H3. The second kappa shape index (κ2) is 6.65. The van der Waals surface area contributed by atoms with E-state index in [1.165, 1.54) is 11.8 Å². The smallest absolute Gasteiger partial charge is 0.306 e. The van der Waals surface area contributed by atoms with Crippen LogP contribution in [0.4, 0.5) is 0 Å². The topological polar surface area (TPSA) is 87.0 Å². The Kier molecular flexibility index (Phi) is 4.89. The maximum atomic E-state index is 11.6. The van der Waals surface area contributed by atoms with E-state index in [4.69, 9.17) is 4.74 Å². The van der Waals surface area contributed by atoms with Crippen molar-refractivity contribution >= 4 is 23.5 Å². The van der Waals surface area contributed by atoms with E-state index in [1.54, 1.807) is 11.6 Å². The fourth-order valence-electron chi connectivity index (χ4n) is 1.52. The molecule has 1 aromatic rings. The Hall–Kier alpha value is -1.44. The summed E-state index contributed by atoms with van der Waals surface area (Å²) in [6, 6.07) is 0.395. The van der Waals surface area contributed by atoms with Gasteiger partial charge in [-0.2, -0.15) is 0 Å². The summed E-state index contributed by atoms with van der Waals surface area (Å²) in [6.07, 6.45) is 2.53. The highest BCUT2D eigenvalue weighted by Crippen LogP contribution is 2.36. The van der Waals surface area contributed by atoms with E-state index in [1.807, 2.05) is 0 Å². The number of nitrogens with zero attached hydrogens (tertiary/aromatic N) is 4. The number of thioether (sulfide) groups is 1. The molecule has 1 saturated carbocycles. The average molecular weight is 284 g/mol. The second-order valence-electron chi connectivity index (χ2n) is 4.27. The summed E-state index contributed by atoms with van der Waals surface area (Å²) < 4.78 is 6.53. The second-order valence-corrected chi connectivity index (χ2v) is 5.21. The highest BCUT2D eigenvalue weighted by atomic mass is 32.2. The largest absolute Gasteiger partial charge is 0.466 e. The number of ether oxygens (including phenoxy) is 1. The third-order valence-corrected chi connectivity index (χ3v) is 3.62. The van der Waals surface area contributed by atoms with Crippen LogP contribution in [0.25, 0.3) is 0 Å². The lowest BCUT2D eigenvalue weighted by atomic mass is 10.2. The first-order valence-corrected chi connectivity index (χ1v) is 7.27. The molecule has 0 unspecified atom stereocenters. The molecule has 0 aromatic carbocycles. The van der Waals surface area contributed by atoms with Crippen LogP contribution in [-0.2, 0) is 14.3 Å². The van der Waals surface area contributed by atoms with E-state index in [9.17, 15) is 9.59 Å². The summed E-state index contributed by atoms with van der Waals surface area (Å²) in [5.74, 6) is -0.0426. The van der Waals surface area contributed by atoms with Gasteiger partial charge in [0.1, 0.15) is 5.78 Å². The molecule has 0 amide bonds. The lowest BCUT2D eigenvalue weighted by Gasteiger charge is -2.02. The van der Waals surface area contributed by atoms with Gasteiger partial charge in [-0.3, -0.25) is 9.59 Å². The number of esters is 1. The monoisotopic (exact) mass is 284 g/mol. The first-order valence-electron chi connectivity index (χ1n) is 6.28. The van der Waals surface area contributed by atoms with Crippen molar-refractivity contribution in [2.24, 2.45) is 0 Å². The Labute approximate surface area is 115 Å². The van der Waals surface area contributed by atoms with Gasteiger partial charge in [0.25, 0.3) is 0 Å². The molecule has 1 aliphatic carbocycles. The zero-order valence-electron chi connectivity index (χ0n) is 10.7. The molecule has 0 N–H and O–H groups in total. The first-order chi connectivity index (χ1) is 9.20. The van der Waals surface area contributed by atoms with Gasteiger partial charge >= 0.3 is 5.97 Å². The molecular weight excluding hydrogens is 268 g/mol. The normalized spacial score (nSPS) is 14.4. The summed E-state index contributed by atoms with van der Waals surface area (Å²) >= 11 is 1.32. The zero-order chi connectivity index (χ0) is 13.7. The Bertz CT molecular complexity index is 459. The van der Waals surface area contributed by atoms with Crippen LogP contribution in [0, 0.1) is 0 Å². The van der Waals surface area contributed by atoms with E-state index < -0.39 is 0 Å². The van der Waals surface area contributed by atoms with E-state index in [0.29, 0.717) is 17.8 Å². The quantitative estimate of drug-likeness (QED) is 0.520. The predicted octanol–water partition coefficient (Wildman–Crippen LogP) is 1.01. The molecule has 19 heavy (non-hydrogen) atoms. The van der Waals surface area contributed by atoms with E-state index in [0.717, 1.165) is 12.8 Å². The van der Waals surface area contributed by atoms with Gasteiger partial charge in [-0.25, -0.2) is 4.68 Å². The van der Waals surface area contributed by atoms with Crippen molar-refractivity contribution in [3.05, 3.63) is 0 Å². The minimum Gasteiger partial charge on any atom is -0.466 e. The van der Waals surface area contributed by atoms with Crippen LogP contribution in [0.5, 0.6) is 0 Å². The number of carbonyl (C=O) groups excluding carboxylic acids is 2. The number of carbonyl (C=O) groups is 2. The highest BCUT2D eigenvalue weighted by molar-refractivity contribution is 7.99. The Balaban J connectivity index is 1.71. The summed E-state index contributed by atoms with van der Waals surface area (Å²) in [4.78, 5) is 22.8. The average Bonchev–Trinajstić information content (AvgIpc) is 3.13. The van der Waals surface area contributed by atoms with Crippen molar-refractivity contribution in [3.8, 4) is 0 Å². The van der Waals surface area contributed by atoms with Crippen LogP contribution < -0.4 is 0 Å². The van der Waals surface area contributed by atoms with Crippen molar-refractivity contribution in [2.75, 3.05) is 12.4 Å². The summed E-state index contributed by atoms with van der Waals surface area (Å²) in [5.41, 5.74) is 0. The molecule has 7 nitrogen and oxygen atoms in total. The van der Waals surface area contributed by atoms with Gasteiger partial charge in [0.05, 0.1) is 24.8 Å². The third kappa shape index (κ3) is 4.30. The van der Waals surface area contributed by atoms with Crippen molar-refractivity contribution < 1.29 is 14.3 Å². The molecule has 1 heterocycles. The fourth-order valence-corrected chi connectivity index (χ4v) is 2.37. The van der Waals surface area contributed by atoms with Gasteiger partial charge in [-0.05, 0) is 30.2 Å². The van der Waals surface area contributed by atoms with Crippen LogP contribution >= 0.6 is 11.8 Å². The third-order valence-electron chi connectivity index (χ3n) is 2.63. The molecule has 1 aliphatic rings. The molecule has 2 rings (SSSR count). The number of aromatic nitrogens is 4. The lowest BCUT2D eigenvalue weighted by Crippen LogP contribution is -2.09. The van der Waals surface area contributed by atoms with E-state index >= 15 is 0 Å². The van der Waals surface area contributed by atoms with Gasteiger partial charge < -0.3 is 4.74 Å². The van der Waals surface area contributed by atoms with Crippen molar-refractivity contribution in [3.63, 3.8) is 0 Å². The minimum atomic E-state index is -0.330. The number of Topliss-reactive ketones (excluding diaryl/α,β-unsaturated/α-hetero) is 1. The number of ketones is 1. The van der Waals surface area contributed by atoms with Crippen LogP contribution in [0.15, 0.2) is 5.16 Å². The van der Waals surface area contributed by atoms with E-state index in [2.05, 4.69) is 15.5 Å². The Morgan fingerprint density at radius 3 is 2.89 bits per heavy atom. The lowest BCUT2D eigenvalue weighted by molar-refractivity contribution is -0.144. The highest BCUT2D eigenvalue weighted by Gasteiger charge is 2.28. The molecule has 0 bridgehead atoms. The number of rotatable bonds is 8. The van der Waals surface area contributed by atoms with Gasteiger partial charge in [0.15, 0.2) is 0 Å². The Morgan fingerprint density at radius 1 is 1.42 bits per heavy atom. The maximum absolute atomic E-state index is 11.6. The molecule has 1 aromatic heterocycles. The summed E-state index contributed by atoms with van der Waals surface area (Å²) in [6.45, 7) is 2.09. The maximum Gasteiger partial charge on any atom is 0.306 e. The Morgan fingerprint density at radius 2 is 2.21 bits per heavy atom. The van der Waals surface area contributed by atoms with Crippen LogP contribution in [0.1, 0.15) is 38.6 Å². The summed E-state index contributed by atoms with van der Waals surface area (Å²) in [5, 5.41) is 12.1. The molecule has 0 atom stereocenters. The number of hydrogen-bond donors (Lipinski definition) is 0. The van der Waals surface area contributed by atoms with Crippen molar-refractivity contribution in [2.45, 2.75) is 43.8 Å². The van der Waals surface area contributed by atoms with Gasteiger partial charge in [0.2, 0.25) is 5.16 Å². The SMILES string of the molecule is CCOC(=O)CCC(=O)CSc1nnnn1C1CC1. The molecule has 0 spiro atoms. The van der Waals surface area contributed by atoms with E-state index in [-0.39, 0.29) is 30.3 Å². The molecule has 0 saturated heterocycles. The zero-order valence-corrected chi connectivity index (χ0v) is 11.6. The molecule has 8 heteroatoms. The molecule has 104 valence electrons. The molecular formula is C11H16N4O3S. The van der Waals surface area contributed by atoms with Crippen LogP contribution in [0.2, 0.25) is 0 Å². The number of hydrogen-bond acceptors (Lipinski definition) is 7. The van der Waals surface area contributed by atoms with Crippen molar-refractivity contribution in [1.82, 2.24) is 20.2 Å². The van der Waals surface area contributed by atoms with Gasteiger partial charge in [-0.1, -0.05) is 11.8 Å². The molecule has 1 fully saturated rings. The predicted molar refractivity (Wildman–Crippen MR) is 67.7 cm³/mol. The number of tetrazole rings is 1. The van der Waals surface area contributed by atoms with Crippen molar-refractivity contribution in [1.29, 1.82) is 0 Å². The first kappa shape index (κ1) is 14.0. The minimum absolute atomic E-state index is 0.00315. The van der Waals surface area contributed by atoms with Gasteiger partial charge in [-0.15, -0.1) is 5.10 Å². The fraction of sp³-hybridized carbons (Fsp3) is 0.727. The molecule has 0 aliphatic heterocycles.